The Morgan fingerprint density at radius 1 is 1.00 bits per heavy atom. The van der Waals surface area contributed by atoms with Gasteiger partial charge in [-0.3, -0.25) is 14.4 Å². The number of ketones is 1. The summed E-state index contributed by atoms with van der Waals surface area (Å²) in [4.78, 5) is 50.4. The zero-order chi connectivity index (χ0) is 30.1. The smallest absolute Gasteiger partial charge is 0.331 e. The van der Waals surface area contributed by atoms with E-state index in [1.807, 2.05) is 6.08 Å². The van der Waals surface area contributed by atoms with E-state index in [0.717, 1.165) is 44.9 Å². The zero-order valence-corrected chi connectivity index (χ0v) is 25.1. The molecule has 0 aliphatic heterocycles. The molecule has 8 nitrogen and oxygen atoms in total. The number of allylic oxidation sites excluding steroid dienone is 1. The number of ether oxygens (including phenoxy) is 2. The topological polar surface area (TPSA) is 119 Å². The molecule has 0 unspecified atom stereocenters. The Bertz CT molecular complexity index is 1230. The summed E-state index contributed by atoms with van der Waals surface area (Å²) in [6, 6.07) is 7.32. The van der Waals surface area contributed by atoms with Crippen molar-refractivity contribution in [2.24, 2.45) is 28.6 Å². The molecule has 0 radical (unpaired) electrons. The molecule has 4 aliphatic carbocycles. The highest BCUT2D eigenvalue weighted by atomic mass is 16.5. The third-order valence-corrected chi connectivity index (χ3v) is 11.0. The molecule has 0 saturated heterocycles. The van der Waals surface area contributed by atoms with Crippen LogP contribution < -0.4 is 5.32 Å². The largest absolute Gasteiger partial charge is 0.464 e. The Balaban J connectivity index is 1.17. The number of nitrogens with one attached hydrogen (secondary N) is 1. The van der Waals surface area contributed by atoms with E-state index < -0.39 is 30.0 Å². The van der Waals surface area contributed by atoms with Crippen molar-refractivity contribution in [3.8, 4) is 0 Å². The summed E-state index contributed by atoms with van der Waals surface area (Å²) in [5, 5.41) is 13.3. The lowest BCUT2D eigenvalue weighted by Gasteiger charge is -2.57. The number of benzene rings is 1. The molecule has 8 heteroatoms. The fourth-order valence-corrected chi connectivity index (χ4v) is 8.73. The van der Waals surface area contributed by atoms with Gasteiger partial charge in [0.1, 0.15) is 12.2 Å². The third-order valence-electron chi connectivity index (χ3n) is 11.0. The van der Waals surface area contributed by atoms with Gasteiger partial charge >= 0.3 is 11.9 Å². The van der Waals surface area contributed by atoms with Crippen LogP contribution >= 0.6 is 0 Å². The molecule has 4 aliphatic rings. The SMILES string of the molecule is CCOC(=O)[C@H](NC(=O)CCC(=O)O[C@H]1CC[C@@H]2[C@@H]3CCC4=CC(=O)CC[C@]4(C)[C@@H]3CC[C@]12C)[C@H](O)c1ccccc1. The van der Waals surface area contributed by atoms with Crippen LogP contribution in [0.3, 0.4) is 0 Å². The lowest BCUT2D eigenvalue weighted by Crippen LogP contribution is -2.51. The first-order chi connectivity index (χ1) is 20.1. The first-order valence-corrected chi connectivity index (χ1v) is 15.7. The predicted octanol–water partition coefficient (Wildman–Crippen LogP) is 4.99. The van der Waals surface area contributed by atoms with Crippen molar-refractivity contribution >= 4 is 23.6 Å². The second-order valence-corrected chi connectivity index (χ2v) is 13.2. The molecular formula is C34H45NO7. The van der Waals surface area contributed by atoms with Crippen molar-refractivity contribution in [2.45, 2.75) is 103 Å². The number of esters is 2. The molecule has 2 N–H and O–H groups in total. The summed E-state index contributed by atoms with van der Waals surface area (Å²) in [6.07, 6.45) is 7.81. The first-order valence-electron chi connectivity index (χ1n) is 15.7. The molecule has 3 fully saturated rings. The number of rotatable bonds is 9. The minimum Gasteiger partial charge on any atom is -0.464 e. The van der Waals surface area contributed by atoms with Crippen molar-refractivity contribution in [1.82, 2.24) is 5.32 Å². The highest BCUT2D eigenvalue weighted by molar-refractivity contribution is 5.91. The molecule has 1 aromatic carbocycles. The summed E-state index contributed by atoms with van der Waals surface area (Å²) in [7, 11) is 0. The maximum absolute atomic E-state index is 13.0. The van der Waals surface area contributed by atoms with Crippen LogP contribution in [0, 0.1) is 28.6 Å². The van der Waals surface area contributed by atoms with Gasteiger partial charge in [0.15, 0.2) is 11.8 Å². The van der Waals surface area contributed by atoms with E-state index in [9.17, 15) is 24.3 Å². The van der Waals surface area contributed by atoms with Crippen LogP contribution in [0.5, 0.6) is 0 Å². The van der Waals surface area contributed by atoms with Gasteiger partial charge < -0.3 is 19.9 Å². The third kappa shape index (κ3) is 5.79. The average Bonchev–Trinajstić information content (AvgIpc) is 3.31. The number of carbonyl (C=O) groups excluding carboxylic acids is 4. The van der Waals surface area contributed by atoms with Crippen molar-refractivity contribution in [3.63, 3.8) is 0 Å². The van der Waals surface area contributed by atoms with Crippen molar-refractivity contribution in [1.29, 1.82) is 0 Å². The van der Waals surface area contributed by atoms with Gasteiger partial charge in [0.05, 0.1) is 13.0 Å². The zero-order valence-electron chi connectivity index (χ0n) is 25.1. The van der Waals surface area contributed by atoms with E-state index in [1.54, 1.807) is 37.3 Å². The average molecular weight is 580 g/mol. The summed E-state index contributed by atoms with van der Waals surface area (Å²) in [5.41, 5.74) is 1.85. The number of fused-ring (bicyclic) bond motifs is 5. The molecule has 0 bridgehead atoms. The lowest BCUT2D eigenvalue weighted by molar-refractivity contribution is -0.160. The summed E-state index contributed by atoms with van der Waals surface area (Å²) in [6.45, 7) is 6.41. The predicted molar refractivity (Wildman–Crippen MR) is 156 cm³/mol. The number of hydrogen-bond donors (Lipinski definition) is 2. The Morgan fingerprint density at radius 3 is 2.50 bits per heavy atom. The fraction of sp³-hybridized carbons (Fsp3) is 0.647. The molecular weight excluding hydrogens is 534 g/mol. The summed E-state index contributed by atoms with van der Waals surface area (Å²) in [5.74, 6) is 0.225. The fourth-order valence-electron chi connectivity index (χ4n) is 8.73. The minimum atomic E-state index is -1.28. The van der Waals surface area contributed by atoms with Crippen LogP contribution in [-0.2, 0) is 28.7 Å². The normalized spacial score (nSPS) is 33.2. The van der Waals surface area contributed by atoms with Gasteiger partial charge in [0.2, 0.25) is 5.91 Å². The molecule has 0 aromatic heterocycles. The monoisotopic (exact) mass is 579 g/mol. The standard InChI is InChI=1S/C34H45NO7/c1-4-41-32(40)30(31(39)21-8-6-5-7-9-21)35-28(37)14-15-29(38)42-27-13-12-25-24-11-10-22-20-23(36)16-18-33(22,2)26(24)17-19-34(25,27)3/h5-9,20,24-27,30-31,39H,4,10-19H2,1-3H3,(H,35,37)/t24-,25+,26+,27-,30+,31+,33-,34-/m0/s1. The number of aliphatic hydroxyl groups excluding tert-OH is 1. The Labute approximate surface area is 248 Å². The van der Waals surface area contributed by atoms with Gasteiger partial charge in [-0.25, -0.2) is 4.79 Å². The van der Waals surface area contributed by atoms with Gasteiger partial charge in [-0.1, -0.05) is 49.8 Å². The van der Waals surface area contributed by atoms with Crippen LogP contribution in [-0.4, -0.2) is 47.5 Å². The van der Waals surface area contributed by atoms with E-state index in [4.69, 9.17) is 9.47 Å². The maximum Gasteiger partial charge on any atom is 0.331 e. The molecule has 5 rings (SSSR count). The van der Waals surface area contributed by atoms with Gasteiger partial charge in [0.25, 0.3) is 0 Å². The molecule has 0 heterocycles. The lowest BCUT2D eigenvalue weighted by atomic mass is 9.47. The van der Waals surface area contributed by atoms with Gasteiger partial charge in [-0.05, 0) is 86.7 Å². The van der Waals surface area contributed by atoms with Crippen LogP contribution in [0.15, 0.2) is 42.0 Å². The molecule has 228 valence electrons. The second kappa shape index (κ2) is 12.3. The summed E-state index contributed by atoms with van der Waals surface area (Å²) >= 11 is 0. The van der Waals surface area contributed by atoms with Crippen LogP contribution in [0.2, 0.25) is 0 Å². The maximum atomic E-state index is 13.0. The number of hydrogen-bond acceptors (Lipinski definition) is 7. The number of carbonyl (C=O) groups is 4. The Kier molecular flexibility index (Phi) is 8.93. The van der Waals surface area contributed by atoms with E-state index in [2.05, 4.69) is 19.2 Å². The Hall–Kier alpha value is -3.00. The van der Waals surface area contributed by atoms with Gasteiger partial charge in [-0.15, -0.1) is 0 Å². The van der Waals surface area contributed by atoms with E-state index in [-0.39, 0.29) is 42.2 Å². The van der Waals surface area contributed by atoms with Crippen molar-refractivity contribution in [2.75, 3.05) is 6.61 Å². The van der Waals surface area contributed by atoms with Crippen molar-refractivity contribution in [3.05, 3.63) is 47.5 Å². The molecule has 3 saturated carbocycles. The minimum absolute atomic E-state index is 0.0874. The molecule has 8 atom stereocenters. The number of amides is 1. The summed E-state index contributed by atoms with van der Waals surface area (Å²) < 4.78 is 11.1. The molecule has 1 amide bonds. The highest BCUT2D eigenvalue weighted by Gasteiger charge is 2.60. The van der Waals surface area contributed by atoms with E-state index in [0.29, 0.717) is 29.7 Å². The van der Waals surface area contributed by atoms with Crippen LogP contribution in [0.1, 0.15) is 96.6 Å². The molecule has 42 heavy (non-hydrogen) atoms. The number of aliphatic hydroxyl groups is 1. The van der Waals surface area contributed by atoms with Crippen LogP contribution in [0.4, 0.5) is 0 Å². The van der Waals surface area contributed by atoms with Crippen LogP contribution in [0.25, 0.3) is 0 Å². The van der Waals surface area contributed by atoms with E-state index in [1.165, 1.54) is 5.57 Å². The Morgan fingerprint density at radius 2 is 1.76 bits per heavy atom. The van der Waals surface area contributed by atoms with Crippen molar-refractivity contribution < 1.29 is 33.8 Å². The molecule has 0 spiro atoms. The first kappa shape index (κ1) is 30.5. The van der Waals surface area contributed by atoms with Gasteiger partial charge in [-0.2, -0.15) is 0 Å². The van der Waals surface area contributed by atoms with Gasteiger partial charge in [0, 0.05) is 18.3 Å². The highest BCUT2D eigenvalue weighted by Crippen LogP contribution is 2.65. The molecule has 1 aromatic rings. The second-order valence-electron chi connectivity index (χ2n) is 13.2. The quantitative estimate of drug-likeness (QED) is 0.396. The van der Waals surface area contributed by atoms with E-state index >= 15 is 0 Å².